The fourth-order valence-corrected chi connectivity index (χ4v) is 2.19. The molecule has 5 nitrogen and oxygen atoms in total. The van der Waals surface area contributed by atoms with Crippen molar-refractivity contribution in [3.05, 3.63) is 35.6 Å². The van der Waals surface area contributed by atoms with Crippen LogP contribution in [0.15, 0.2) is 24.3 Å². The lowest BCUT2D eigenvalue weighted by Gasteiger charge is -2.23. The van der Waals surface area contributed by atoms with Gasteiger partial charge in [-0.15, -0.1) is 0 Å². The van der Waals surface area contributed by atoms with Crippen molar-refractivity contribution in [3.8, 4) is 0 Å². The van der Waals surface area contributed by atoms with E-state index in [-0.39, 0.29) is 36.8 Å². The Balaban J connectivity index is 2.57. The molecular formula is C17H26FN3O2. The van der Waals surface area contributed by atoms with Crippen molar-refractivity contribution in [3.63, 3.8) is 0 Å². The Morgan fingerprint density at radius 1 is 1.17 bits per heavy atom. The highest BCUT2D eigenvalue weighted by Gasteiger charge is 2.16. The van der Waals surface area contributed by atoms with Crippen LogP contribution in [-0.2, 0) is 9.59 Å². The summed E-state index contributed by atoms with van der Waals surface area (Å²) < 4.78 is 12.9. The summed E-state index contributed by atoms with van der Waals surface area (Å²) in [5.74, 6) is -0.483. The molecule has 23 heavy (non-hydrogen) atoms. The van der Waals surface area contributed by atoms with Crippen molar-refractivity contribution < 1.29 is 14.0 Å². The summed E-state index contributed by atoms with van der Waals surface area (Å²) in [6, 6.07) is 5.84. The van der Waals surface area contributed by atoms with Gasteiger partial charge >= 0.3 is 0 Å². The monoisotopic (exact) mass is 323 g/mol. The molecule has 128 valence electrons. The second kappa shape index (κ2) is 9.25. The quantitative estimate of drug-likeness (QED) is 0.794. The molecular weight excluding hydrogens is 297 g/mol. The average Bonchev–Trinajstić information content (AvgIpc) is 2.47. The third kappa shape index (κ3) is 6.78. The van der Waals surface area contributed by atoms with Crippen molar-refractivity contribution in [1.29, 1.82) is 0 Å². The zero-order valence-electron chi connectivity index (χ0n) is 14.3. The summed E-state index contributed by atoms with van der Waals surface area (Å²) in [6.07, 6.45) is 0.863. The molecule has 0 aromatic heterocycles. The third-order valence-corrected chi connectivity index (χ3v) is 3.51. The highest BCUT2D eigenvalue weighted by atomic mass is 19.1. The fourth-order valence-electron chi connectivity index (χ4n) is 2.19. The molecule has 0 spiro atoms. The van der Waals surface area contributed by atoms with Gasteiger partial charge in [-0.25, -0.2) is 4.39 Å². The van der Waals surface area contributed by atoms with E-state index in [1.54, 1.807) is 26.2 Å². The topological polar surface area (TPSA) is 52.7 Å². The van der Waals surface area contributed by atoms with Gasteiger partial charge in [-0.05, 0) is 37.6 Å². The number of halogens is 1. The standard InChI is InChI=1S/C17H26FN3O2/c1-5-10-21(12-17(23)20(3)4)11-16(22)19-13(2)14-6-8-15(18)9-7-14/h6-9,13H,5,10-12H2,1-4H3,(H,19,22). The number of rotatable bonds is 8. The van der Waals surface area contributed by atoms with E-state index in [4.69, 9.17) is 0 Å². The maximum absolute atomic E-state index is 12.9. The molecule has 0 fully saturated rings. The van der Waals surface area contributed by atoms with E-state index in [1.807, 2.05) is 18.7 Å². The van der Waals surface area contributed by atoms with Crippen LogP contribution < -0.4 is 5.32 Å². The molecule has 0 saturated carbocycles. The van der Waals surface area contributed by atoms with Gasteiger partial charge < -0.3 is 10.2 Å². The first-order chi connectivity index (χ1) is 10.8. The number of hydrogen-bond donors (Lipinski definition) is 1. The van der Waals surface area contributed by atoms with Crippen LogP contribution >= 0.6 is 0 Å². The van der Waals surface area contributed by atoms with Gasteiger partial charge in [0.1, 0.15) is 5.82 Å². The number of carbonyl (C=O) groups excluding carboxylic acids is 2. The molecule has 1 aromatic rings. The van der Waals surface area contributed by atoms with Crippen LogP contribution in [0, 0.1) is 5.82 Å². The molecule has 0 heterocycles. The van der Waals surface area contributed by atoms with Crippen LogP contribution in [0.3, 0.4) is 0 Å². The number of likely N-dealkylation sites (N-methyl/N-ethyl adjacent to an activating group) is 1. The Labute approximate surface area is 137 Å². The van der Waals surface area contributed by atoms with E-state index >= 15 is 0 Å². The summed E-state index contributed by atoms with van der Waals surface area (Å²) in [5.41, 5.74) is 0.839. The van der Waals surface area contributed by atoms with Crippen LogP contribution in [0.1, 0.15) is 31.9 Å². The summed E-state index contributed by atoms with van der Waals surface area (Å²) in [4.78, 5) is 27.3. The van der Waals surface area contributed by atoms with Gasteiger partial charge in [-0.2, -0.15) is 0 Å². The fraction of sp³-hybridized carbons (Fsp3) is 0.529. The van der Waals surface area contributed by atoms with Crippen molar-refractivity contribution in [2.24, 2.45) is 0 Å². The van der Waals surface area contributed by atoms with E-state index in [0.717, 1.165) is 12.0 Å². The summed E-state index contributed by atoms with van der Waals surface area (Å²) in [7, 11) is 3.40. The third-order valence-electron chi connectivity index (χ3n) is 3.51. The molecule has 0 radical (unpaired) electrons. The minimum Gasteiger partial charge on any atom is -0.348 e. The highest BCUT2D eigenvalue weighted by molar-refractivity contribution is 5.81. The first-order valence-corrected chi connectivity index (χ1v) is 7.80. The van der Waals surface area contributed by atoms with Gasteiger partial charge in [-0.1, -0.05) is 19.1 Å². The molecule has 0 saturated heterocycles. The minimum atomic E-state index is -0.302. The van der Waals surface area contributed by atoms with Gasteiger partial charge in [0.15, 0.2) is 0 Å². The molecule has 6 heteroatoms. The zero-order valence-corrected chi connectivity index (χ0v) is 14.3. The number of amides is 2. The van der Waals surface area contributed by atoms with Crippen LogP contribution in [-0.4, -0.2) is 55.3 Å². The predicted octanol–water partition coefficient (Wildman–Crippen LogP) is 1.80. The van der Waals surface area contributed by atoms with Crippen molar-refractivity contribution in [1.82, 2.24) is 15.1 Å². The average molecular weight is 323 g/mol. The van der Waals surface area contributed by atoms with Gasteiger partial charge in [0.25, 0.3) is 0 Å². The van der Waals surface area contributed by atoms with E-state index in [0.29, 0.717) is 6.54 Å². The van der Waals surface area contributed by atoms with Gasteiger partial charge in [0, 0.05) is 14.1 Å². The Hall–Kier alpha value is -1.95. The first-order valence-electron chi connectivity index (χ1n) is 7.80. The largest absolute Gasteiger partial charge is 0.348 e. The molecule has 0 bridgehead atoms. The molecule has 0 aliphatic heterocycles. The lowest BCUT2D eigenvalue weighted by molar-refractivity contribution is -0.131. The first kappa shape index (κ1) is 19.1. The van der Waals surface area contributed by atoms with E-state index in [2.05, 4.69) is 5.32 Å². The molecule has 1 N–H and O–H groups in total. The molecule has 1 unspecified atom stereocenters. The summed E-state index contributed by atoms with van der Waals surface area (Å²) >= 11 is 0. The molecule has 0 aliphatic rings. The second-order valence-corrected chi connectivity index (χ2v) is 5.84. The van der Waals surface area contributed by atoms with E-state index < -0.39 is 0 Å². The smallest absolute Gasteiger partial charge is 0.236 e. The number of nitrogens with one attached hydrogen (secondary N) is 1. The Morgan fingerprint density at radius 3 is 2.30 bits per heavy atom. The van der Waals surface area contributed by atoms with Crippen molar-refractivity contribution in [2.75, 3.05) is 33.7 Å². The maximum Gasteiger partial charge on any atom is 0.236 e. The second-order valence-electron chi connectivity index (χ2n) is 5.84. The van der Waals surface area contributed by atoms with E-state index in [1.165, 1.54) is 17.0 Å². The number of carbonyl (C=O) groups is 2. The van der Waals surface area contributed by atoms with Crippen molar-refractivity contribution in [2.45, 2.75) is 26.3 Å². The minimum absolute atomic E-state index is 0.0298. The maximum atomic E-state index is 12.9. The lowest BCUT2D eigenvalue weighted by Crippen LogP contribution is -2.43. The van der Waals surface area contributed by atoms with Crippen LogP contribution in [0.5, 0.6) is 0 Å². The molecule has 0 aliphatic carbocycles. The van der Waals surface area contributed by atoms with Gasteiger partial charge in [0.2, 0.25) is 11.8 Å². The normalized spacial score (nSPS) is 12.1. The summed E-state index contributed by atoms with van der Waals surface area (Å²) in [6.45, 7) is 4.92. The van der Waals surface area contributed by atoms with Crippen LogP contribution in [0.25, 0.3) is 0 Å². The molecule has 1 rings (SSSR count). The van der Waals surface area contributed by atoms with Crippen molar-refractivity contribution >= 4 is 11.8 Å². The predicted molar refractivity (Wildman–Crippen MR) is 88.4 cm³/mol. The number of hydrogen-bond acceptors (Lipinski definition) is 3. The summed E-state index contributed by atoms with van der Waals surface area (Å²) in [5, 5.41) is 2.88. The highest BCUT2D eigenvalue weighted by Crippen LogP contribution is 2.12. The van der Waals surface area contributed by atoms with Crippen LogP contribution in [0.4, 0.5) is 4.39 Å². The Kier molecular flexibility index (Phi) is 7.68. The van der Waals surface area contributed by atoms with Crippen LogP contribution in [0.2, 0.25) is 0 Å². The Morgan fingerprint density at radius 2 is 1.78 bits per heavy atom. The molecule has 1 atom stereocenters. The van der Waals surface area contributed by atoms with Gasteiger partial charge in [0.05, 0.1) is 19.1 Å². The Bertz CT molecular complexity index is 517. The molecule has 1 aromatic carbocycles. The number of nitrogens with zero attached hydrogens (tertiary/aromatic N) is 2. The van der Waals surface area contributed by atoms with Gasteiger partial charge in [-0.3, -0.25) is 14.5 Å². The number of benzene rings is 1. The van der Waals surface area contributed by atoms with E-state index in [9.17, 15) is 14.0 Å². The molecule has 2 amide bonds. The lowest BCUT2D eigenvalue weighted by atomic mass is 10.1. The zero-order chi connectivity index (χ0) is 17.4. The SMILES string of the molecule is CCCN(CC(=O)NC(C)c1ccc(F)cc1)CC(=O)N(C)C.